The summed E-state index contributed by atoms with van der Waals surface area (Å²) < 4.78 is 0. The molecule has 1 aliphatic heterocycles. The summed E-state index contributed by atoms with van der Waals surface area (Å²) in [6.07, 6.45) is 8.70. The zero-order valence-corrected chi connectivity index (χ0v) is 12.5. The van der Waals surface area contributed by atoms with Crippen molar-refractivity contribution in [1.82, 2.24) is 10.2 Å². The Morgan fingerprint density at radius 3 is 2.33 bits per heavy atom. The average Bonchev–Trinajstić information content (AvgIpc) is 2.88. The maximum absolute atomic E-state index is 3.67. The van der Waals surface area contributed by atoms with Gasteiger partial charge in [0.05, 0.1) is 0 Å². The minimum absolute atomic E-state index is 0.882. The quantitative estimate of drug-likeness (QED) is 0.731. The number of nitrogens with one attached hydrogen (secondary N) is 1. The summed E-state index contributed by atoms with van der Waals surface area (Å²) >= 11 is 0. The minimum atomic E-state index is 0.882. The third-order valence-electron chi connectivity index (χ3n) is 5.09. The van der Waals surface area contributed by atoms with Gasteiger partial charge < -0.3 is 10.2 Å². The molecule has 0 aromatic carbocycles. The molecule has 0 radical (unpaired) electrons. The molecule has 0 bridgehead atoms. The van der Waals surface area contributed by atoms with Crippen molar-refractivity contribution in [2.45, 2.75) is 52.4 Å². The van der Waals surface area contributed by atoms with E-state index in [1.54, 1.807) is 0 Å². The fraction of sp³-hybridized carbons (Fsp3) is 1.00. The summed E-state index contributed by atoms with van der Waals surface area (Å²) in [4.78, 5) is 2.65. The number of nitrogens with zero attached hydrogens (tertiary/aromatic N) is 1. The van der Waals surface area contributed by atoms with E-state index < -0.39 is 0 Å². The molecule has 2 rings (SSSR count). The van der Waals surface area contributed by atoms with Crippen LogP contribution < -0.4 is 5.32 Å². The van der Waals surface area contributed by atoms with E-state index >= 15 is 0 Å². The summed E-state index contributed by atoms with van der Waals surface area (Å²) in [5.41, 5.74) is 0. The highest BCUT2D eigenvalue weighted by Gasteiger charge is 2.21. The Labute approximate surface area is 114 Å². The molecule has 0 spiro atoms. The van der Waals surface area contributed by atoms with Gasteiger partial charge in [0, 0.05) is 13.1 Å². The highest BCUT2D eigenvalue weighted by atomic mass is 15.1. The molecule has 106 valence electrons. The van der Waals surface area contributed by atoms with Crippen LogP contribution in [0.4, 0.5) is 0 Å². The van der Waals surface area contributed by atoms with E-state index in [1.807, 2.05) is 0 Å². The van der Waals surface area contributed by atoms with Crippen molar-refractivity contribution in [3.05, 3.63) is 0 Å². The SMILES string of the molecule is CC(C)C1CCN(CCNCC2CCCC2)CC1. The predicted octanol–water partition coefficient (Wildman–Crippen LogP) is 3.13. The number of hydrogen-bond donors (Lipinski definition) is 1. The van der Waals surface area contributed by atoms with Gasteiger partial charge in [-0.2, -0.15) is 0 Å². The van der Waals surface area contributed by atoms with Gasteiger partial charge in [0.2, 0.25) is 0 Å². The van der Waals surface area contributed by atoms with Crippen LogP contribution in [-0.4, -0.2) is 37.6 Å². The van der Waals surface area contributed by atoms with Gasteiger partial charge in [-0.05, 0) is 63.1 Å². The Hall–Kier alpha value is -0.0800. The lowest BCUT2D eigenvalue weighted by atomic mass is 9.87. The second kappa shape index (κ2) is 7.49. The van der Waals surface area contributed by atoms with E-state index in [4.69, 9.17) is 0 Å². The lowest BCUT2D eigenvalue weighted by Crippen LogP contribution is -2.39. The highest BCUT2D eigenvalue weighted by Crippen LogP contribution is 2.24. The van der Waals surface area contributed by atoms with Crippen molar-refractivity contribution in [3.63, 3.8) is 0 Å². The number of piperidine rings is 1. The largest absolute Gasteiger partial charge is 0.315 e. The first kappa shape index (κ1) is 14.3. The highest BCUT2D eigenvalue weighted by molar-refractivity contribution is 4.75. The van der Waals surface area contributed by atoms with Gasteiger partial charge in [0.15, 0.2) is 0 Å². The van der Waals surface area contributed by atoms with Crippen LogP contribution in [0.1, 0.15) is 52.4 Å². The van der Waals surface area contributed by atoms with Gasteiger partial charge in [-0.25, -0.2) is 0 Å². The van der Waals surface area contributed by atoms with Gasteiger partial charge in [-0.3, -0.25) is 0 Å². The molecule has 0 aromatic heterocycles. The molecule has 1 aliphatic carbocycles. The molecule has 2 nitrogen and oxygen atoms in total. The molecule has 2 fully saturated rings. The minimum Gasteiger partial charge on any atom is -0.315 e. The van der Waals surface area contributed by atoms with Crippen molar-refractivity contribution in [2.75, 3.05) is 32.7 Å². The van der Waals surface area contributed by atoms with Crippen molar-refractivity contribution in [1.29, 1.82) is 0 Å². The fourth-order valence-electron chi connectivity index (χ4n) is 3.60. The first-order valence-corrected chi connectivity index (χ1v) is 8.19. The summed E-state index contributed by atoms with van der Waals surface area (Å²) in [7, 11) is 0. The zero-order chi connectivity index (χ0) is 12.8. The van der Waals surface area contributed by atoms with Crippen LogP contribution in [0.3, 0.4) is 0 Å². The molecule has 1 heterocycles. The molecule has 1 N–H and O–H groups in total. The lowest BCUT2D eigenvalue weighted by Gasteiger charge is -2.33. The van der Waals surface area contributed by atoms with Gasteiger partial charge in [-0.1, -0.05) is 26.7 Å². The molecule has 1 saturated carbocycles. The molecule has 0 unspecified atom stereocenters. The Bertz CT molecular complexity index is 213. The zero-order valence-electron chi connectivity index (χ0n) is 12.5. The van der Waals surface area contributed by atoms with Gasteiger partial charge in [-0.15, -0.1) is 0 Å². The van der Waals surface area contributed by atoms with Crippen molar-refractivity contribution >= 4 is 0 Å². The van der Waals surface area contributed by atoms with E-state index in [2.05, 4.69) is 24.1 Å². The second-order valence-electron chi connectivity index (χ2n) is 6.78. The molecule has 0 amide bonds. The van der Waals surface area contributed by atoms with E-state index in [-0.39, 0.29) is 0 Å². The van der Waals surface area contributed by atoms with Gasteiger partial charge in [0.25, 0.3) is 0 Å². The number of rotatable bonds is 6. The van der Waals surface area contributed by atoms with E-state index in [0.717, 1.165) is 17.8 Å². The smallest absolute Gasteiger partial charge is 0.0107 e. The lowest BCUT2D eigenvalue weighted by molar-refractivity contribution is 0.158. The predicted molar refractivity (Wildman–Crippen MR) is 78.8 cm³/mol. The van der Waals surface area contributed by atoms with Crippen LogP contribution in [0.25, 0.3) is 0 Å². The standard InChI is InChI=1S/C16H32N2/c1-14(2)16-7-10-18(11-8-16)12-9-17-13-15-5-3-4-6-15/h14-17H,3-13H2,1-2H3. The summed E-state index contributed by atoms with van der Waals surface area (Å²) in [6, 6.07) is 0. The summed E-state index contributed by atoms with van der Waals surface area (Å²) in [6.45, 7) is 11.1. The van der Waals surface area contributed by atoms with Crippen LogP contribution >= 0.6 is 0 Å². The first-order chi connectivity index (χ1) is 8.75. The Kier molecular flexibility index (Phi) is 5.97. The van der Waals surface area contributed by atoms with Crippen molar-refractivity contribution < 1.29 is 0 Å². The van der Waals surface area contributed by atoms with E-state index in [0.29, 0.717) is 0 Å². The number of likely N-dealkylation sites (tertiary alicyclic amines) is 1. The second-order valence-corrected chi connectivity index (χ2v) is 6.78. The maximum atomic E-state index is 3.67. The number of hydrogen-bond acceptors (Lipinski definition) is 2. The molecular formula is C16H32N2. The van der Waals surface area contributed by atoms with Crippen LogP contribution in [0.5, 0.6) is 0 Å². The topological polar surface area (TPSA) is 15.3 Å². The van der Waals surface area contributed by atoms with Crippen LogP contribution in [-0.2, 0) is 0 Å². The molecule has 2 heteroatoms. The van der Waals surface area contributed by atoms with Crippen LogP contribution in [0.15, 0.2) is 0 Å². The van der Waals surface area contributed by atoms with Gasteiger partial charge in [0.1, 0.15) is 0 Å². The third-order valence-corrected chi connectivity index (χ3v) is 5.09. The monoisotopic (exact) mass is 252 g/mol. The molecule has 0 aromatic rings. The van der Waals surface area contributed by atoms with E-state index in [1.165, 1.54) is 71.2 Å². The van der Waals surface area contributed by atoms with Crippen molar-refractivity contribution in [3.8, 4) is 0 Å². The molecule has 0 atom stereocenters. The molecule has 18 heavy (non-hydrogen) atoms. The molecular weight excluding hydrogens is 220 g/mol. The Morgan fingerprint density at radius 2 is 1.72 bits per heavy atom. The summed E-state index contributed by atoms with van der Waals surface area (Å²) in [5, 5.41) is 3.67. The first-order valence-electron chi connectivity index (χ1n) is 8.19. The van der Waals surface area contributed by atoms with Gasteiger partial charge >= 0.3 is 0 Å². The van der Waals surface area contributed by atoms with Crippen LogP contribution in [0, 0.1) is 17.8 Å². The van der Waals surface area contributed by atoms with Crippen LogP contribution in [0.2, 0.25) is 0 Å². The molecule has 1 saturated heterocycles. The maximum Gasteiger partial charge on any atom is 0.0107 e. The Morgan fingerprint density at radius 1 is 1.06 bits per heavy atom. The third kappa shape index (κ3) is 4.55. The molecule has 2 aliphatic rings. The average molecular weight is 252 g/mol. The summed E-state index contributed by atoms with van der Waals surface area (Å²) in [5.74, 6) is 2.84. The fourth-order valence-corrected chi connectivity index (χ4v) is 3.60. The normalized spacial score (nSPS) is 24.2. The van der Waals surface area contributed by atoms with Crippen molar-refractivity contribution in [2.24, 2.45) is 17.8 Å². The van der Waals surface area contributed by atoms with E-state index in [9.17, 15) is 0 Å². The Balaban J connectivity index is 1.50.